The summed E-state index contributed by atoms with van der Waals surface area (Å²) >= 11 is 0. The average Bonchev–Trinajstić information content (AvgIpc) is 2.81. The highest BCUT2D eigenvalue weighted by atomic mass is 19.4. The van der Waals surface area contributed by atoms with Crippen molar-refractivity contribution < 1.29 is 17.9 Å². The van der Waals surface area contributed by atoms with Gasteiger partial charge in [-0.2, -0.15) is 18.3 Å². The average molecular weight is 332 g/mol. The molecule has 1 aliphatic rings. The van der Waals surface area contributed by atoms with Crippen molar-refractivity contribution in [2.45, 2.75) is 26.2 Å². The van der Waals surface area contributed by atoms with Gasteiger partial charge in [-0.25, -0.2) is 9.48 Å². The maximum atomic E-state index is 12.6. The zero-order chi connectivity index (χ0) is 17.0. The number of rotatable bonds is 3. The number of hydrogen-bond acceptors (Lipinski definition) is 4. The molecule has 7 nitrogen and oxygen atoms in total. The zero-order valence-corrected chi connectivity index (χ0v) is 12.6. The Balaban J connectivity index is 2.19. The third-order valence-electron chi connectivity index (χ3n) is 3.92. The fourth-order valence-corrected chi connectivity index (χ4v) is 2.69. The SMILES string of the molecule is Cn1c(=O)n(CC2(C)COC2)c(=O)c2c1cnn2CC(F)(F)F. The van der Waals surface area contributed by atoms with Crippen LogP contribution < -0.4 is 11.2 Å². The van der Waals surface area contributed by atoms with Gasteiger partial charge in [0.05, 0.1) is 24.9 Å². The van der Waals surface area contributed by atoms with Gasteiger partial charge in [-0.1, -0.05) is 6.92 Å². The van der Waals surface area contributed by atoms with Crippen molar-refractivity contribution in [1.29, 1.82) is 0 Å². The molecule has 1 saturated heterocycles. The Morgan fingerprint density at radius 3 is 2.52 bits per heavy atom. The van der Waals surface area contributed by atoms with E-state index in [-0.39, 0.29) is 23.0 Å². The topological polar surface area (TPSA) is 71.1 Å². The fraction of sp³-hybridized carbons (Fsp3) is 0.615. The standard InChI is InChI=1S/C13H15F3N4O3/c1-12(6-23-7-12)4-19-10(21)9-8(18(2)11(19)22)3-17-20(9)5-13(14,15)16/h3H,4-7H2,1-2H3. The van der Waals surface area contributed by atoms with Gasteiger partial charge < -0.3 is 4.74 Å². The molecule has 0 aliphatic carbocycles. The smallest absolute Gasteiger partial charge is 0.380 e. The van der Waals surface area contributed by atoms with Gasteiger partial charge in [-0.05, 0) is 0 Å². The number of aromatic nitrogens is 4. The van der Waals surface area contributed by atoms with Gasteiger partial charge in [0.1, 0.15) is 6.54 Å². The van der Waals surface area contributed by atoms with Crippen molar-refractivity contribution in [3.63, 3.8) is 0 Å². The number of fused-ring (bicyclic) bond motifs is 1. The highest BCUT2D eigenvalue weighted by molar-refractivity contribution is 5.73. The summed E-state index contributed by atoms with van der Waals surface area (Å²) in [6, 6.07) is 0. The van der Waals surface area contributed by atoms with Crippen molar-refractivity contribution in [3.8, 4) is 0 Å². The van der Waals surface area contributed by atoms with E-state index in [0.29, 0.717) is 17.9 Å². The number of halogens is 3. The molecule has 0 saturated carbocycles. The third kappa shape index (κ3) is 2.67. The highest BCUT2D eigenvalue weighted by Gasteiger charge is 2.36. The first kappa shape index (κ1) is 15.8. The van der Waals surface area contributed by atoms with Crippen LogP contribution in [0.5, 0.6) is 0 Å². The second-order valence-electron chi connectivity index (χ2n) is 6.19. The zero-order valence-electron chi connectivity index (χ0n) is 12.6. The summed E-state index contributed by atoms with van der Waals surface area (Å²) in [6.07, 6.45) is -3.42. The van der Waals surface area contributed by atoms with Crippen molar-refractivity contribution in [2.75, 3.05) is 13.2 Å². The monoisotopic (exact) mass is 332 g/mol. The molecule has 0 amide bonds. The number of hydrogen-bond donors (Lipinski definition) is 0. The Bertz CT molecular complexity index is 873. The van der Waals surface area contributed by atoms with E-state index in [2.05, 4.69) is 5.10 Å². The predicted molar refractivity (Wildman–Crippen MR) is 74.2 cm³/mol. The van der Waals surface area contributed by atoms with Gasteiger partial charge in [-0.15, -0.1) is 0 Å². The first-order chi connectivity index (χ1) is 10.6. The van der Waals surface area contributed by atoms with E-state index in [1.807, 2.05) is 6.92 Å². The summed E-state index contributed by atoms with van der Waals surface area (Å²) in [5.41, 5.74) is -1.87. The van der Waals surface area contributed by atoms with Crippen molar-refractivity contribution in [2.24, 2.45) is 12.5 Å². The largest absolute Gasteiger partial charge is 0.408 e. The molecule has 2 aromatic rings. The maximum absolute atomic E-state index is 12.6. The van der Waals surface area contributed by atoms with E-state index in [1.165, 1.54) is 7.05 Å². The lowest BCUT2D eigenvalue weighted by molar-refractivity contribution is -0.141. The first-order valence-corrected chi connectivity index (χ1v) is 6.91. The molecule has 23 heavy (non-hydrogen) atoms. The molecular formula is C13H15F3N4O3. The molecule has 0 unspecified atom stereocenters. The molecule has 0 aromatic carbocycles. The molecule has 3 rings (SSSR count). The molecule has 126 valence electrons. The van der Waals surface area contributed by atoms with Crippen LogP contribution >= 0.6 is 0 Å². The second kappa shape index (κ2) is 4.95. The normalized spacial score (nSPS) is 17.4. The van der Waals surface area contributed by atoms with Crippen molar-refractivity contribution >= 4 is 11.0 Å². The minimum atomic E-state index is -4.52. The molecule has 0 atom stereocenters. The minimum absolute atomic E-state index is 0.0792. The summed E-state index contributed by atoms with van der Waals surface area (Å²) in [5, 5.41) is 3.61. The Hall–Kier alpha value is -2.10. The van der Waals surface area contributed by atoms with E-state index >= 15 is 0 Å². The molecule has 3 heterocycles. The molecule has 1 aliphatic heterocycles. The summed E-state index contributed by atoms with van der Waals surface area (Å²) in [7, 11) is 1.40. The summed E-state index contributed by atoms with van der Waals surface area (Å²) in [6.45, 7) is 1.33. The summed E-state index contributed by atoms with van der Waals surface area (Å²) in [4.78, 5) is 24.9. The van der Waals surface area contributed by atoms with Gasteiger partial charge in [0.2, 0.25) is 0 Å². The number of alkyl halides is 3. The minimum Gasteiger partial charge on any atom is -0.380 e. The Labute approximate surface area is 127 Å². The van der Waals surface area contributed by atoms with Crippen LogP contribution in [-0.2, 0) is 24.9 Å². The van der Waals surface area contributed by atoms with Crippen molar-refractivity contribution in [1.82, 2.24) is 18.9 Å². The van der Waals surface area contributed by atoms with Crippen molar-refractivity contribution in [3.05, 3.63) is 27.0 Å². The van der Waals surface area contributed by atoms with Crippen LogP contribution in [0.2, 0.25) is 0 Å². The van der Waals surface area contributed by atoms with Crippen LogP contribution in [0.4, 0.5) is 13.2 Å². The molecular weight excluding hydrogens is 317 g/mol. The van der Waals surface area contributed by atoms with Crippen LogP contribution in [0.15, 0.2) is 15.8 Å². The Morgan fingerprint density at radius 2 is 2.00 bits per heavy atom. The van der Waals surface area contributed by atoms with Gasteiger partial charge in [-0.3, -0.25) is 13.9 Å². The van der Waals surface area contributed by atoms with E-state index in [9.17, 15) is 22.8 Å². The summed E-state index contributed by atoms with van der Waals surface area (Å²) < 4.78 is 45.7. The van der Waals surface area contributed by atoms with Gasteiger partial charge in [0.15, 0.2) is 5.52 Å². The molecule has 0 N–H and O–H groups in total. The Morgan fingerprint density at radius 1 is 1.35 bits per heavy atom. The molecule has 10 heteroatoms. The van der Waals surface area contributed by atoms with Gasteiger partial charge in [0, 0.05) is 19.0 Å². The Kier molecular flexibility index (Phi) is 3.40. The molecule has 1 fully saturated rings. The number of ether oxygens (including phenoxy) is 1. The van der Waals surface area contributed by atoms with Gasteiger partial charge in [0.25, 0.3) is 5.56 Å². The quantitative estimate of drug-likeness (QED) is 0.820. The fourth-order valence-electron chi connectivity index (χ4n) is 2.69. The van der Waals surface area contributed by atoms with Crippen LogP contribution in [0.25, 0.3) is 11.0 Å². The van der Waals surface area contributed by atoms with E-state index < -0.39 is 24.0 Å². The molecule has 0 spiro atoms. The highest BCUT2D eigenvalue weighted by Crippen LogP contribution is 2.27. The van der Waals surface area contributed by atoms with Crippen LogP contribution in [0, 0.1) is 5.41 Å². The summed E-state index contributed by atoms with van der Waals surface area (Å²) in [5.74, 6) is 0. The lowest BCUT2D eigenvalue weighted by Gasteiger charge is -2.38. The molecule has 2 aromatic heterocycles. The van der Waals surface area contributed by atoms with Crippen LogP contribution in [-0.4, -0.2) is 38.3 Å². The van der Waals surface area contributed by atoms with Crippen LogP contribution in [0.1, 0.15) is 6.92 Å². The van der Waals surface area contributed by atoms with E-state index in [1.54, 1.807) is 0 Å². The third-order valence-corrected chi connectivity index (χ3v) is 3.92. The lowest BCUT2D eigenvalue weighted by atomic mass is 9.88. The lowest BCUT2D eigenvalue weighted by Crippen LogP contribution is -2.50. The predicted octanol–water partition coefficient (Wildman–Crippen LogP) is 0.495. The number of nitrogens with zero attached hydrogens (tertiary/aromatic N) is 4. The first-order valence-electron chi connectivity index (χ1n) is 6.91. The van der Waals surface area contributed by atoms with Crippen LogP contribution in [0.3, 0.4) is 0 Å². The molecule has 0 radical (unpaired) electrons. The van der Waals surface area contributed by atoms with Gasteiger partial charge >= 0.3 is 11.9 Å². The number of aryl methyl sites for hydroxylation is 1. The van der Waals surface area contributed by atoms with E-state index in [0.717, 1.165) is 15.3 Å². The molecule has 0 bridgehead atoms. The van der Waals surface area contributed by atoms with E-state index in [4.69, 9.17) is 4.74 Å². The second-order valence-corrected chi connectivity index (χ2v) is 6.19. The maximum Gasteiger partial charge on any atom is 0.408 e.